The third-order valence-corrected chi connectivity index (χ3v) is 3.32. The highest BCUT2D eigenvalue weighted by atomic mass is 19.3. The van der Waals surface area contributed by atoms with Crippen LogP contribution in [0.25, 0.3) is 0 Å². The normalized spacial score (nSPS) is 17.6. The number of rotatable bonds is 3. The Labute approximate surface area is 114 Å². The number of hydrogen-bond donors (Lipinski definition) is 2. The summed E-state index contributed by atoms with van der Waals surface area (Å²) in [6, 6.07) is 6.60. The zero-order valence-electron chi connectivity index (χ0n) is 10.6. The summed E-state index contributed by atoms with van der Waals surface area (Å²) >= 11 is 0. The van der Waals surface area contributed by atoms with Crippen LogP contribution in [0.15, 0.2) is 30.5 Å². The van der Waals surface area contributed by atoms with Crippen molar-refractivity contribution in [3.05, 3.63) is 36.0 Å². The maximum absolute atomic E-state index is 12.5. The molecule has 2 heterocycles. The predicted octanol–water partition coefficient (Wildman–Crippen LogP) is 2.47. The van der Waals surface area contributed by atoms with E-state index >= 15 is 0 Å². The number of benzene rings is 1. The molecule has 1 aromatic carbocycles. The Kier molecular flexibility index (Phi) is 3.17. The van der Waals surface area contributed by atoms with E-state index in [0.717, 1.165) is 6.42 Å². The molecule has 3 N–H and O–H groups in total. The van der Waals surface area contributed by atoms with Crippen LogP contribution in [0.3, 0.4) is 0 Å². The third-order valence-electron chi connectivity index (χ3n) is 3.32. The van der Waals surface area contributed by atoms with Gasteiger partial charge < -0.3 is 15.8 Å². The molecule has 5 nitrogen and oxygen atoms in total. The van der Waals surface area contributed by atoms with E-state index in [9.17, 15) is 8.78 Å². The number of halogens is 2. The zero-order valence-corrected chi connectivity index (χ0v) is 10.6. The smallest absolute Gasteiger partial charge is 0.387 e. The summed E-state index contributed by atoms with van der Waals surface area (Å²) in [6.07, 6.45) is 2.27. The second-order valence-corrected chi connectivity index (χ2v) is 4.54. The summed E-state index contributed by atoms with van der Waals surface area (Å²) in [5, 5.41) is 7.38. The maximum Gasteiger partial charge on any atom is 0.387 e. The molecular formula is C13H14F2N4O. The van der Waals surface area contributed by atoms with Crippen molar-refractivity contribution in [2.45, 2.75) is 19.1 Å². The fraction of sp³-hybridized carbons (Fsp3) is 0.308. The first-order valence-electron chi connectivity index (χ1n) is 6.27. The first-order chi connectivity index (χ1) is 9.66. The summed E-state index contributed by atoms with van der Waals surface area (Å²) in [6.45, 7) is -2.15. The van der Waals surface area contributed by atoms with E-state index in [1.165, 1.54) is 6.07 Å². The van der Waals surface area contributed by atoms with Gasteiger partial charge in [-0.2, -0.15) is 13.9 Å². The molecule has 1 aliphatic rings. The molecule has 0 bridgehead atoms. The number of para-hydroxylation sites is 1. The van der Waals surface area contributed by atoms with Crippen molar-refractivity contribution in [2.75, 3.05) is 17.6 Å². The van der Waals surface area contributed by atoms with E-state index in [2.05, 4.69) is 15.2 Å². The second-order valence-electron chi connectivity index (χ2n) is 4.54. The Morgan fingerprint density at radius 3 is 3.00 bits per heavy atom. The lowest BCUT2D eigenvalue weighted by molar-refractivity contribution is -0.0507. The van der Waals surface area contributed by atoms with Gasteiger partial charge in [0, 0.05) is 12.1 Å². The van der Waals surface area contributed by atoms with E-state index in [4.69, 9.17) is 5.73 Å². The minimum atomic E-state index is -2.85. The number of nitrogens with zero attached hydrogens (tertiary/aromatic N) is 2. The zero-order chi connectivity index (χ0) is 14.1. The Balaban J connectivity index is 2.02. The van der Waals surface area contributed by atoms with Crippen molar-refractivity contribution < 1.29 is 13.5 Å². The predicted molar refractivity (Wildman–Crippen MR) is 71.0 cm³/mol. The van der Waals surface area contributed by atoms with Crippen LogP contribution in [0, 0.1) is 0 Å². The molecule has 1 aromatic heterocycles. The average molecular weight is 280 g/mol. The molecular weight excluding hydrogens is 266 g/mol. The Bertz CT molecular complexity index is 614. The molecule has 20 heavy (non-hydrogen) atoms. The summed E-state index contributed by atoms with van der Waals surface area (Å²) in [4.78, 5) is 0. The van der Waals surface area contributed by atoms with Gasteiger partial charge in [-0.3, -0.25) is 0 Å². The second kappa shape index (κ2) is 4.99. The summed E-state index contributed by atoms with van der Waals surface area (Å²) in [5.41, 5.74) is 7.05. The minimum absolute atomic E-state index is 0.168. The number of hydrogen-bond acceptors (Lipinski definition) is 4. The van der Waals surface area contributed by atoms with Crippen molar-refractivity contribution in [1.29, 1.82) is 0 Å². The molecule has 2 aromatic rings. The Hall–Kier alpha value is -2.31. The van der Waals surface area contributed by atoms with Gasteiger partial charge in [0.1, 0.15) is 11.6 Å². The number of nitrogens with one attached hydrogen (secondary N) is 1. The van der Waals surface area contributed by atoms with Crippen LogP contribution in [-0.4, -0.2) is 22.9 Å². The number of aromatic nitrogens is 2. The molecule has 3 rings (SSSR count). The van der Waals surface area contributed by atoms with Crippen LogP contribution in [0.1, 0.15) is 18.0 Å². The largest absolute Gasteiger partial charge is 0.434 e. The van der Waals surface area contributed by atoms with Crippen LogP contribution < -0.4 is 15.8 Å². The van der Waals surface area contributed by atoms with Gasteiger partial charge in [-0.15, -0.1) is 0 Å². The lowest BCUT2D eigenvalue weighted by Gasteiger charge is -2.27. The number of nitrogens with two attached hydrogens (primary N) is 1. The van der Waals surface area contributed by atoms with Crippen molar-refractivity contribution in [3.8, 4) is 5.75 Å². The van der Waals surface area contributed by atoms with Crippen LogP contribution in [0.4, 0.5) is 20.3 Å². The van der Waals surface area contributed by atoms with Gasteiger partial charge in [0.15, 0.2) is 0 Å². The molecule has 0 amide bonds. The number of anilines is 2. The van der Waals surface area contributed by atoms with Crippen molar-refractivity contribution >= 4 is 11.5 Å². The number of nitrogen functional groups attached to an aromatic ring is 1. The average Bonchev–Trinajstić information content (AvgIpc) is 2.81. The molecule has 0 saturated heterocycles. The third kappa shape index (κ3) is 2.15. The van der Waals surface area contributed by atoms with Crippen LogP contribution in [0.2, 0.25) is 0 Å². The van der Waals surface area contributed by atoms with Crippen molar-refractivity contribution in [1.82, 2.24) is 9.78 Å². The van der Waals surface area contributed by atoms with Gasteiger partial charge in [-0.05, 0) is 12.5 Å². The van der Waals surface area contributed by atoms with Gasteiger partial charge in [-0.25, -0.2) is 4.68 Å². The monoisotopic (exact) mass is 280 g/mol. The molecule has 0 aliphatic carbocycles. The Morgan fingerprint density at radius 1 is 1.40 bits per heavy atom. The molecule has 1 aliphatic heterocycles. The summed E-state index contributed by atoms with van der Waals surface area (Å²) in [5.74, 6) is 0.891. The van der Waals surface area contributed by atoms with E-state index in [0.29, 0.717) is 23.6 Å². The highest BCUT2D eigenvalue weighted by molar-refractivity contribution is 5.62. The SMILES string of the molecule is Nc1cnn2c1NCCC2c1ccccc1OC(F)F. The van der Waals surface area contributed by atoms with Gasteiger partial charge in [0.2, 0.25) is 0 Å². The first kappa shape index (κ1) is 12.7. The van der Waals surface area contributed by atoms with E-state index < -0.39 is 6.61 Å². The van der Waals surface area contributed by atoms with Gasteiger partial charge >= 0.3 is 6.61 Å². The highest BCUT2D eigenvalue weighted by Gasteiger charge is 2.26. The van der Waals surface area contributed by atoms with Crippen LogP contribution in [-0.2, 0) is 0 Å². The van der Waals surface area contributed by atoms with Crippen LogP contribution >= 0.6 is 0 Å². The van der Waals surface area contributed by atoms with Gasteiger partial charge in [0.05, 0.1) is 17.9 Å². The highest BCUT2D eigenvalue weighted by Crippen LogP contribution is 2.36. The topological polar surface area (TPSA) is 65.1 Å². The maximum atomic E-state index is 12.5. The molecule has 1 unspecified atom stereocenters. The number of alkyl halides is 2. The van der Waals surface area contributed by atoms with Gasteiger partial charge in [-0.1, -0.05) is 18.2 Å². The molecule has 7 heteroatoms. The lowest BCUT2D eigenvalue weighted by Crippen LogP contribution is -2.25. The van der Waals surface area contributed by atoms with Crippen molar-refractivity contribution in [2.24, 2.45) is 0 Å². The summed E-state index contributed by atoms with van der Waals surface area (Å²) in [7, 11) is 0. The quantitative estimate of drug-likeness (QED) is 0.906. The number of ether oxygens (including phenoxy) is 1. The Morgan fingerprint density at radius 2 is 2.20 bits per heavy atom. The molecule has 0 radical (unpaired) electrons. The lowest BCUT2D eigenvalue weighted by atomic mass is 10.0. The van der Waals surface area contributed by atoms with E-state index in [1.54, 1.807) is 29.1 Å². The van der Waals surface area contributed by atoms with Crippen LogP contribution in [0.5, 0.6) is 5.75 Å². The molecule has 106 valence electrons. The molecule has 0 fully saturated rings. The van der Waals surface area contributed by atoms with E-state index in [1.807, 2.05) is 0 Å². The minimum Gasteiger partial charge on any atom is -0.434 e. The number of fused-ring (bicyclic) bond motifs is 1. The van der Waals surface area contributed by atoms with Crippen molar-refractivity contribution in [3.63, 3.8) is 0 Å². The molecule has 0 spiro atoms. The molecule has 1 atom stereocenters. The summed E-state index contributed by atoms with van der Waals surface area (Å²) < 4.78 is 31.3. The standard InChI is InChI=1S/C13H14F2N4O/c14-13(15)20-11-4-2-1-3-8(11)10-5-6-17-12-9(16)7-18-19(10)12/h1-4,7,10,13,17H,5-6,16H2. The first-order valence-corrected chi connectivity index (χ1v) is 6.27. The fourth-order valence-corrected chi connectivity index (χ4v) is 2.49. The fourth-order valence-electron chi connectivity index (χ4n) is 2.49. The molecule has 0 saturated carbocycles. The van der Waals surface area contributed by atoms with Gasteiger partial charge in [0.25, 0.3) is 0 Å². The van der Waals surface area contributed by atoms with E-state index in [-0.39, 0.29) is 11.8 Å².